The van der Waals surface area contributed by atoms with Crippen molar-refractivity contribution >= 4 is 23.3 Å². The van der Waals surface area contributed by atoms with Crippen LogP contribution in [0, 0.1) is 10.1 Å². The summed E-state index contributed by atoms with van der Waals surface area (Å²) in [6, 6.07) is 9.16. The Kier molecular flexibility index (Phi) is 7.68. The molecular weight excluding hydrogens is 424 g/mol. The lowest BCUT2D eigenvalue weighted by Crippen LogP contribution is -2.24. The number of fused-ring (bicyclic) bond motifs is 1. The zero-order valence-electron chi connectivity index (χ0n) is 17.3. The molecule has 0 fully saturated rings. The number of benzene rings is 2. The quantitative estimate of drug-likeness (QED) is 0.350. The van der Waals surface area contributed by atoms with Crippen molar-refractivity contribution in [2.75, 3.05) is 38.4 Å². The molecule has 3 rings (SSSR count). The molecule has 0 unspecified atom stereocenters. The topological polar surface area (TPSA) is 135 Å². The second kappa shape index (κ2) is 10.8. The molecule has 11 nitrogen and oxygen atoms in total. The van der Waals surface area contributed by atoms with Crippen LogP contribution in [0.5, 0.6) is 23.0 Å². The van der Waals surface area contributed by atoms with Gasteiger partial charge in [-0.1, -0.05) is 0 Å². The number of carbonyl (C=O) groups excluding carboxylic acids is 2. The van der Waals surface area contributed by atoms with Crippen LogP contribution in [0.1, 0.15) is 13.3 Å². The van der Waals surface area contributed by atoms with Crippen molar-refractivity contribution in [3.05, 3.63) is 46.5 Å². The highest BCUT2D eigenvalue weighted by Crippen LogP contribution is 2.39. The predicted molar refractivity (Wildman–Crippen MR) is 111 cm³/mol. The number of hydrogen-bond donors (Lipinski definition) is 1. The number of carbonyl (C=O) groups is 2. The van der Waals surface area contributed by atoms with Gasteiger partial charge in [-0.2, -0.15) is 0 Å². The SMILES string of the molecule is CCOc1ccc(OCC(=O)OCC(=O)Nc2cc3c(cc2[N+](=O)[O-])OCCCO3)cc1. The van der Waals surface area contributed by atoms with E-state index in [-0.39, 0.29) is 22.9 Å². The van der Waals surface area contributed by atoms with Crippen molar-refractivity contribution in [1.29, 1.82) is 0 Å². The van der Waals surface area contributed by atoms with Gasteiger partial charge in [0, 0.05) is 12.5 Å². The average Bonchev–Trinajstić information content (AvgIpc) is 3.01. The molecule has 0 saturated carbocycles. The molecule has 0 aliphatic carbocycles. The molecule has 11 heteroatoms. The molecule has 32 heavy (non-hydrogen) atoms. The number of rotatable bonds is 9. The third-order valence-electron chi connectivity index (χ3n) is 4.19. The number of amides is 1. The maximum Gasteiger partial charge on any atom is 0.344 e. The van der Waals surface area contributed by atoms with Gasteiger partial charge < -0.3 is 29.0 Å². The Morgan fingerprint density at radius 3 is 2.28 bits per heavy atom. The molecule has 0 spiro atoms. The van der Waals surface area contributed by atoms with Crippen molar-refractivity contribution in [1.82, 2.24) is 0 Å². The van der Waals surface area contributed by atoms with Gasteiger partial charge in [0.2, 0.25) is 0 Å². The van der Waals surface area contributed by atoms with Gasteiger partial charge in [-0.25, -0.2) is 4.79 Å². The van der Waals surface area contributed by atoms with Gasteiger partial charge in [0.15, 0.2) is 24.7 Å². The van der Waals surface area contributed by atoms with Gasteiger partial charge in [-0.15, -0.1) is 0 Å². The Morgan fingerprint density at radius 1 is 1.03 bits per heavy atom. The van der Waals surface area contributed by atoms with Crippen LogP contribution in [0.2, 0.25) is 0 Å². The lowest BCUT2D eigenvalue weighted by molar-refractivity contribution is -0.384. The van der Waals surface area contributed by atoms with Gasteiger partial charge >= 0.3 is 5.97 Å². The lowest BCUT2D eigenvalue weighted by Gasteiger charge is -2.11. The van der Waals surface area contributed by atoms with Crippen LogP contribution in [0.3, 0.4) is 0 Å². The Morgan fingerprint density at radius 2 is 1.66 bits per heavy atom. The van der Waals surface area contributed by atoms with Crippen molar-refractivity contribution in [2.45, 2.75) is 13.3 Å². The van der Waals surface area contributed by atoms with Crippen molar-refractivity contribution < 1.29 is 38.2 Å². The predicted octanol–water partition coefficient (Wildman–Crippen LogP) is 2.72. The molecule has 170 valence electrons. The highest BCUT2D eigenvalue weighted by atomic mass is 16.6. The van der Waals surface area contributed by atoms with Crippen molar-refractivity contribution in [3.8, 4) is 23.0 Å². The van der Waals surface area contributed by atoms with Gasteiger partial charge in [0.1, 0.15) is 17.2 Å². The number of nitrogens with one attached hydrogen (secondary N) is 1. The van der Waals surface area contributed by atoms with Crippen LogP contribution in [-0.2, 0) is 14.3 Å². The monoisotopic (exact) mass is 446 g/mol. The molecule has 0 bridgehead atoms. The maximum atomic E-state index is 12.2. The van der Waals surface area contributed by atoms with Crippen LogP contribution in [0.4, 0.5) is 11.4 Å². The van der Waals surface area contributed by atoms with Crippen LogP contribution < -0.4 is 24.3 Å². The first-order valence-corrected chi connectivity index (χ1v) is 9.85. The minimum Gasteiger partial charge on any atom is -0.494 e. The van der Waals surface area contributed by atoms with Crippen molar-refractivity contribution in [3.63, 3.8) is 0 Å². The molecule has 1 aliphatic rings. The number of anilines is 1. The zero-order valence-corrected chi connectivity index (χ0v) is 17.3. The maximum absolute atomic E-state index is 12.2. The van der Waals surface area contributed by atoms with E-state index in [4.69, 9.17) is 23.7 Å². The molecule has 1 heterocycles. The van der Waals surface area contributed by atoms with E-state index >= 15 is 0 Å². The fraction of sp³-hybridized carbons (Fsp3) is 0.333. The number of esters is 1. The highest BCUT2D eigenvalue weighted by Gasteiger charge is 2.23. The lowest BCUT2D eigenvalue weighted by atomic mass is 10.2. The van der Waals surface area contributed by atoms with Crippen molar-refractivity contribution in [2.24, 2.45) is 0 Å². The van der Waals surface area contributed by atoms with E-state index in [1.165, 1.54) is 12.1 Å². The molecule has 0 radical (unpaired) electrons. The van der Waals surface area contributed by atoms with E-state index in [1.54, 1.807) is 24.3 Å². The summed E-state index contributed by atoms with van der Waals surface area (Å²) in [6.45, 7) is 2.09. The molecule has 0 aromatic heterocycles. The molecule has 1 aliphatic heterocycles. The summed E-state index contributed by atoms with van der Waals surface area (Å²) in [5.74, 6) is 0.0778. The van der Waals surface area contributed by atoms with Crippen LogP contribution >= 0.6 is 0 Å². The second-order valence-electron chi connectivity index (χ2n) is 6.53. The molecule has 1 N–H and O–H groups in total. The number of nitro benzene ring substituents is 1. The van der Waals surface area contributed by atoms with E-state index < -0.39 is 30.0 Å². The zero-order chi connectivity index (χ0) is 22.9. The Hall–Kier alpha value is -4.02. The third-order valence-corrected chi connectivity index (χ3v) is 4.19. The Labute approximate surface area is 183 Å². The Balaban J connectivity index is 1.52. The third kappa shape index (κ3) is 6.24. The summed E-state index contributed by atoms with van der Waals surface area (Å²) in [5, 5.41) is 13.7. The van der Waals surface area contributed by atoms with E-state index in [1.807, 2.05) is 6.92 Å². The highest BCUT2D eigenvalue weighted by molar-refractivity contribution is 5.95. The summed E-state index contributed by atoms with van der Waals surface area (Å²) in [4.78, 5) is 34.7. The standard InChI is InChI=1S/C21H22N2O9/c1-2-28-14-4-6-15(7-5-14)31-13-21(25)32-12-20(24)22-16-10-18-19(11-17(16)23(26)27)30-9-3-8-29-18/h4-7,10-11H,2-3,8-9,12-13H2,1H3,(H,22,24). The van der Waals surface area contributed by atoms with Crippen LogP contribution in [-0.4, -0.2) is 49.8 Å². The van der Waals surface area contributed by atoms with Gasteiger partial charge in [0.25, 0.3) is 11.6 Å². The van der Waals surface area contributed by atoms with E-state index in [0.717, 1.165) is 0 Å². The Bertz CT molecular complexity index is 976. The molecule has 0 saturated heterocycles. The number of nitro groups is 1. The summed E-state index contributed by atoms with van der Waals surface area (Å²) in [6.07, 6.45) is 0.624. The minimum absolute atomic E-state index is 0.0917. The van der Waals surface area contributed by atoms with Crippen LogP contribution in [0.15, 0.2) is 36.4 Å². The summed E-state index contributed by atoms with van der Waals surface area (Å²) < 4.78 is 26.4. The second-order valence-corrected chi connectivity index (χ2v) is 6.53. The number of hydrogen-bond acceptors (Lipinski definition) is 9. The average molecular weight is 446 g/mol. The first-order chi connectivity index (χ1) is 15.5. The smallest absolute Gasteiger partial charge is 0.344 e. The fourth-order valence-electron chi connectivity index (χ4n) is 2.76. The summed E-state index contributed by atoms with van der Waals surface area (Å²) >= 11 is 0. The molecular formula is C21H22N2O9. The molecule has 1 amide bonds. The molecule has 0 atom stereocenters. The van der Waals surface area contributed by atoms with E-state index in [2.05, 4.69) is 5.32 Å². The van der Waals surface area contributed by atoms with Crippen LogP contribution in [0.25, 0.3) is 0 Å². The van der Waals surface area contributed by atoms with E-state index in [0.29, 0.717) is 37.7 Å². The van der Waals surface area contributed by atoms with Gasteiger partial charge in [0.05, 0.1) is 30.8 Å². The fourth-order valence-corrected chi connectivity index (χ4v) is 2.76. The minimum atomic E-state index is -0.776. The largest absolute Gasteiger partial charge is 0.494 e. The first kappa shape index (κ1) is 22.7. The normalized spacial score (nSPS) is 12.3. The molecule has 2 aromatic carbocycles. The van der Waals surface area contributed by atoms with Gasteiger partial charge in [-0.05, 0) is 31.2 Å². The number of ether oxygens (including phenoxy) is 5. The van der Waals surface area contributed by atoms with Gasteiger partial charge in [-0.3, -0.25) is 14.9 Å². The summed E-state index contributed by atoms with van der Waals surface area (Å²) in [7, 11) is 0. The first-order valence-electron chi connectivity index (χ1n) is 9.85. The molecule has 2 aromatic rings. The van der Waals surface area contributed by atoms with E-state index in [9.17, 15) is 19.7 Å². The number of nitrogens with zero attached hydrogens (tertiary/aromatic N) is 1. The summed E-state index contributed by atoms with van der Waals surface area (Å²) in [5.41, 5.74) is -0.460.